The Balaban J connectivity index is 1.25. The van der Waals surface area contributed by atoms with Gasteiger partial charge < -0.3 is 15.2 Å². The molecule has 5 rings (SSSR count). The van der Waals surface area contributed by atoms with Crippen LogP contribution in [0, 0.1) is 0 Å². The van der Waals surface area contributed by atoms with Gasteiger partial charge in [-0.25, -0.2) is 4.98 Å². The summed E-state index contributed by atoms with van der Waals surface area (Å²) < 4.78 is 6.17. The van der Waals surface area contributed by atoms with E-state index in [1.165, 1.54) is 12.8 Å². The van der Waals surface area contributed by atoms with E-state index in [1.54, 1.807) is 6.20 Å². The summed E-state index contributed by atoms with van der Waals surface area (Å²) in [5.41, 5.74) is 2.97. The van der Waals surface area contributed by atoms with Gasteiger partial charge in [-0.1, -0.05) is 35.5 Å². The fourth-order valence-electron chi connectivity index (χ4n) is 2.97. The lowest BCUT2D eigenvalue weighted by Gasteiger charge is -2.07. The lowest BCUT2D eigenvalue weighted by atomic mass is 10.1. The normalized spacial score (nSPS) is 13.4. The molecule has 8 nitrogen and oxygen atoms in total. The molecule has 1 aromatic carbocycles. The van der Waals surface area contributed by atoms with Gasteiger partial charge in [0.05, 0.1) is 11.0 Å². The van der Waals surface area contributed by atoms with Crippen LogP contribution in [0.3, 0.4) is 0 Å². The monoisotopic (exact) mass is 451 g/mol. The summed E-state index contributed by atoms with van der Waals surface area (Å²) in [5.74, 6) is 3.17. The molecule has 29 heavy (non-hydrogen) atoms. The first-order valence-corrected chi connectivity index (χ1v) is 10.1. The zero-order valence-electron chi connectivity index (χ0n) is 15.4. The Morgan fingerprint density at radius 3 is 2.86 bits per heavy atom. The number of H-pyrrole nitrogens is 1. The van der Waals surface area contributed by atoms with E-state index < -0.39 is 0 Å². The Hall–Kier alpha value is -3.20. The Labute approximate surface area is 175 Å². The molecule has 3 N–H and O–H groups in total. The van der Waals surface area contributed by atoms with E-state index in [1.807, 2.05) is 42.5 Å². The smallest absolute Gasteiger partial charge is 0.225 e. The lowest BCUT2D eigenvalue weighted by molar-refractivity contribution is 0.390. The number of rotatable bonds is 7. The quantitative estimate of drug-likeness (QED) is 0.368. The average Bonchev–Trinajstić information content (AvgIpc) is 3.31. The Morgan fingerprint density at radius 1 is 1.17 bits per heavy atom. The molecule has 0 amide bonds. The molecule has 4 aromatic rings. The van der Waals surface area contributed by atoms with Crippen molar-refractivity contribution in [2.45, 2.75) is 25.3 Å². The predicted octanol–water partition coefficient (Wildman–Crippen LogP) is 4.85. The molecule has 1 fully saturated rings. The second kappa shape index (κ2) is 7.67. The van der Waals surface area contributed by atoms with Crippen molar-refractivity contribution in [3.05, 3.63) is 64.6 Å². The summed E-state index contributed by atoms with van der Waals surface area (Å²) in [6.07, 6.45) is 4.14. The van der Waals surface area contributed by atoms with Crippen LogP contribution in [0.2, 0.25) is 0 Å². The van der Waals surface area contributed by atoms with E-state index in [2.05, 4.69) is 51.9 Å². The van der Waals surface area contributed by atoms with Crippen molar-refractivity contribution in [2.75, 3.05) is 10.6 Å². The number of halogens is 1. The SMILES string of the molecule is Brc1cnc(NCc2cc(-c3ccccc3)no2)nc1Nc1cc(C2CC2)[nH]n1. The maximum Gasteiger partial charge on any atom is 0.225 e. The number of hydrogen-bond acceptors (Lipinski definition) is 7. The van der Waals surface area contributed by atoms with E-state index in [-0.39, 0.29) is 0 Å². The minimum Gasteiger partial charge on any atom is -0.359 e. The molecule has 0 bridgehead atoms. The van der Waals surface area contributed by atoms with Crippen LogP contribution in [-0.4, -0.2) is 25.3 Å². The number of aromatic amines is 1. The molecule has 0 radical (unpaired) electrons. The first-order chi connectivity index (χ1) is 14.2. The average molecular weight is 452 g/mol. The molecular weight excluding hydrogens is 434 g/mol. The molecule has 0 atom stereocenters. The van der Waals surface area contributed by atoms with Crippen LogP contribution >= 0.6 is 15.9 Å². The molecule has 0 spiro atoms. The highest BCUT2D eigenvalue weighted by atomic mass is 79.9. The second-order valence-electron chi connectivity index (χ2n) is 6.90. The van der Waals surface area contributed by atoms with Gasteiger partial charge in [0, 0.05) is 35.5 Å². The Kier molecular flexibility index (Phi) is 4.73. The van der Waals surface area contributed by atoms with Gasteiger partial charge in [0.1, 0.15) is 5.69 Å². The van der Waals surface area contributed by atoms with Crippen LogP contribution in [0.4, 0.5) is 17.6 Å². The van der Waals surface area contributed by atoms with E-state index in [9.17, 15) is 0 Å². The number of anilines is 3. The fourth-order valence-corrected chi connectivity index (χ4v) is 3.26. The summed E-state index contributed by atoms with van der Waals surface area (Å²) in [6, 6.07) is 13.8. The van der Waals surface area contributed by atoms with Gasteiger partial charge >= 0.3 is 0 Å². The standard InChI is InChI=1S/C20H18BrN7O/c21-15-11-23-20(25-19(15)24-18-9-16(26-27-18)13-6-7-13)22-10-14-8-17(28-29-14)12-4-2-1-3-5-12/h1-5,8-9,11,13H,6-7,10H2,(H3,22,23,24,25,26,27). The van der Waals surface area contributed by atoms with Crippen LogP contribution in [0.15, 0.2) is 57.7 Å². The van der Waals surface area contributed by atoms with E-state index in [0.29, 0.717) is 30.0 Å². The number of nitrogens with zero attached hydrogens (tertiary/aromatic N) is 4. The Bertz CT molecular complexity index is 1120. The molecule has 0 aliphatic heterocycles. The largest absolute Gasteiger partial charge is 0.359 e. The highest BCUT2D eigenvalue weighted by Crippen LogP contribution is 2.39. The maximum atomic E-state index is 5.41. The van der Waals surface area contributed by atoms with Gasteiger partial charge in [-0.15, -0.1) is 0 Å². The van der Waals surface area contributed by atoms with Crippen LogP contribution in [0.25, 0.3) is 11.3 Å². The van der Waals surface area contributed by atoms with Crippen molar-refractivity contribution in [1.82, 2.24) is 25.3 Å². The molecule has 0 unspecified atom stereocenters. The number of benzene rings is 1. The van der Waals surface area contributed by atoms with Gasteiger partial charge in [-0.3, -0.25) is 5.10 Å². The van der Waals surface area contributed by atoms with Gasteiger partial charge in [-0.2, -0.15) is 10.1 Å². The summed E-state index contributed by atoms with van der Waals surface area (Å²) in [5, 5.41) is 17.9. The second-order valence-corrected chi connectivity index (χ2v) is 7.75. The molecule has 3 heterocycles. The zero-order chi connectivity index (χ0) is 19.6. The third-order valence-electron chi connectivity index (χ3n) is 4.65. The van der Waals surface area contributed by atoms with E-state index >= 15 is 0 Å². The van der Waals surface area contributed by atoms with Crippen molar-refractivity contribution in [3.63, 3.8) is 0 Å². The van der Waals surface area contributed by atoms with Crippen LogP contribution in [-0.2, 0) is 6.54 Å². The highest BCUT2D eigenvalue weighted by Gasteiger charge is 2.25. The van der Waals surface area contributed by atoms with Crippen molar-refractivity contribution in [1.29, 1.82) is 0 Å². The highest BCUT2D eigenvalue weighted by molar-refractivity contribution is 9.10. The molecule has 1 saturated carbocycles. The van der Waals surface area contributed by atoms with Crippen molar-refractivity contribution < 1.29 is 4.52 Å². The van der Waals surface area contributed by atoms with Crippen LogP contribution < -0.4 is 10.6 Å². The summed E-state index contributed by atoms with van der Waals surface area (Å²) in [6.45, 7) is 0.426. The molecule has 1 aliphatic carbocycles. The van der Waals surface area contributed by atoms with Crippen LogP contribution in [0.5, 0.6) is 0 Å². The maximum absolute atomic E-state index is 5.41. The zero-order valence-corrected chi connectivity index (χ0v) is 17.0. The number of aromatic nitrogens is 5. The minimum atomic E-state index is 0.426. The van der Waals surface area contributed by atoms with E-state index in [0.717, 1.165) is 27.2 Å². The first-order valence-electron chi connectivity index (χ1n) is 9.34. The number of nitrogens with one attached hydrogen (secondary N) is 3. The molecular formula is C20H18BrN7O. The van der Waals surface area contributed by atoms with Gasteiger partial charge in [0.15, 0.2) is 17.4 Å². The van der Waals surface area contributed by atoms with Crippen LogP contribution in [0.1, 0.15) is 30.2 Å². The third kappa shape index (κ3) is 4.14. The minimum absolute atomic E-state index is 0.426. The van der Waals surface area contributed by atoms with Crippen molar-refractivity contribution in [3.8, 4) is 11.3 Å². The van der Waals surface area contributed by atoms with E-state index in [4.69, 9.17) is 4.52 Å². The lowest BCUT2D eigenvalue weighted by Crippen LogP contribution is -2.05. The number of hydrogen-bond donors (Lipinski definition) is 3. The Morgan fingerprint density at radius 2 is 2.03 bits per heavy atom. The first kappa shape index (κ1) is 17.9. The van der Waals surface area contributed by atoms with Crippen molar-refractivity contribution in [2.24, 2.45) is 0 Å². The molecule has 9 heteroatoms. The van der Waals surface area contributed by atoms with Gasteiger partial charge in [-0.05, 0) is 28.8 Å². The molecule has 1 aliphatic rings. The van der Waals surface area contributed by atoms with Crippen molar-refractivity contribution >= 4 is 33.5 Å². The predicted molar refractivity (Wildman–Crippen MR) is 113 cm³/mol. The topological polar surface area (TPSA) is 105 Å². The molecule has 146 valence electrons. The van der Waals surface area contributed by atoms with Gasteiger partial charge in [0.25, 0.3) is 0 Å². The molecule has 0 saturated heterocycles. The fraction of sp³-hybridized carbons (Fsp3) is 0.200. The molecule has 3 aromatic heterocycles. The summed E-state index contributed by atoms with van der Waals surface area (Å²) >= 11 is 3.48. The summed E-state index contributed by atoms with van der Waals surface area (Å²) in [7, 11) is 0. The van der Waals surface area contributed by atoms with Gasteiger partial charge in [0.2, 0.25) is 5.95 Å². The summed E-state index contributed by atoms with van der Waals surface area (Å²) in [4.78, 5) is 8.83. The third-order valence-corrected chi connectivity index (χ3v) is 5.23.